The summed E-state index contributed by atoms with van der Waals surface area (Å²) in [7, 11) is 0. The Kier molecular flexibility index (Phi) is 4.65. The van der Waals surface area contributed by atoms with E-state index >= 15 is 0 Å². The number of rotatable bonds is 4. The number of nitro groups is 1. The Hall–Kier alpha value is -1.99. The SMILES string of the molecule is O=C(ONC1CCC(O)CC1)c1cccc([N+](=O)[O-])c1. The molecule has 2 rings (SSSR count). The number of hydroxylamine groups is 1. The number of nitrogens with zero attached hydrogens (tertiary/aromatic N) is 1. The number of benzene rings is 1. The van der Waals surface area contributed by atoms with Gasteiger partial charge in [0.05, 0.1) is 16.6 Å². The Balaban J connectivity index is 1.88. The maximum atomic E-state index is 11.8. The summed E-state index contributed by atoms with van der Waals surface area (Å²) in [4.78, 5) is 26.8. The van der Waals surface area contributed by atoms with Gasteiger partial charge in [-0.15, -0.1) is 5.48 Å². The van der Waals surface area contributed by atoms with Gasteiger partial charge in [-0.3, -0.25) is 10.1 Å². The van der Waals surface area contributed by atoms with Crippen molar-refractivity contribution < 1.29 is 19.7 Å². The minimum Gasteiger partial charge on any atom is -0.393 e. The Bertz CT molecular complexity index is 497. The van der Waals surface area contributed by atoms with E-state index in [1.807, 2.05) is 0 Å². The summed E-state index contributed by atoms with van der Waals surface area (Å²) in [6, 6.07) is 5.40. The third-order valence-corrected chi connectivity index (χ3v) is 3.31. The van der Waals surface area contributed by atoms with E-state index in [1.165, 1.54) is 24.3 Å². The van der Waals surface area contributed by atoms with Crippen LogP contribution < -0.4 is 5.48 Å². The van der Waals surface area contributed by atoms with E-state index in [1.54, 1.807) is 0 Å². The number of hydrogen-bond acceptors (Lipinski definition) is 6. The summed E-state index contributed by atoms with van der Waals surface area (Å²) in [5, 5.41) is 20.0. The average molecular weight is 280 g/mol. The molecule has 1 aliphatic carbocycles. The fraction of sp³-hybridized carbons (Fsp3) is 0.462. The highest BCUT2D eigenvalue weighted by Gasteiger charge is 2.21. The minimum absolute atomic E-state index is 0.0149. The Labute approximate surface area is 115 Å². The number of carbonyl (C=O) groups excluding carboxylic acids is 1. The molecule has 0 saturated heterocycles. The first kappa shape index (κ1) is 14.4. The molecule has 0 amide bonds. The zero-order chi connectivity index (χ0) is 14.5. The number of non-ortho nitro benzene ring substituents is 1. The number of aliphatic hydroxyl groups is 1. The molecule has 108 valence electrons. The molecule has 0 aromatic heterocycles. The highest BCUT2D eigenvalue weighted by Crippen LogP contribution is 2.19. The van der Waals surface area contributed by atoms with Crippen LogP contribution in [0, 0.1) is 10.1 Å². The van der Waals surface area contributed by atoms with Crippen LogP contribution in [0.3, 0.4) is 0 Å². The molecule has 1 saturated carbocycles. The lowest BCUT2D eigenvalue weighted by molar-refractivity contribution is -0.384. The van der Waals surface area contributed by atoms with E-state index in [0.717, 1.165) is 12.8 Å². The average Bonchev–Trinajstić information content (AvgIpc) is 2.46. The van der Waals surface area contributed by atoms with Crippen LogP contribution in [0.25, 0.3) is 0 Å². The van der Waals surface area contributed by atoms with Crippen LogP contribution in [0.15, 0.2) is 24.3 Å². The Morgan fingerprint density at radius 3 is 2.70 bits per heavy atom. The maximum absolute atomic E-state index is 11.8. The number of aliphatic hydroxyl groups excluding tert-OH is 1. The molecule has 0 radical (unpaired) electrons. The van der Waals surface area contributed by atoms with E-state index in [0.29, 0.717) is 12.8 Å². The third-order valence-electron chi connectivity index (χ3n) is 3.31. The second-order valence-corrected chi connectivity index (χ2v) is 4.82. The number of nitro benzene ring substituents is 1. The molecule has 0 heterocycles. The van der Waals surface area contributed by atoms with Crippen LogP contribution in [0.2, 0.25) is 0 Å². The molecule has 7 heteroatoms. The van der Waals surface area contributed by atoms with Crippen molar-refractivity contribution in [3.8, 4) is 0 Å². The molecular formula is C13H16N2O5. The summed E-state index contributed by atoms with van der Waals surface area (Å²) in [6.07, 6.45) is 2.52. The van der Waals surface area contributed by atoms with Gasteiger partial charge in [0.2, 0.25) is 0 Å². The fourth-order valence-corrected chi connectivity index (χ4v) is 2.14. The van der Waals surface area contributed by atoms with Gasteiger partial charge >= 0.3 is 5.97 Å². The van der Waals surface area contributed by atoms with Crippen LogP contribution >= 0.6 is 0 Å². The van der Waals surface area contributed by atoms with Gasteiger partial charge in [-0.05, 0) is 31.7 Å². The fourth-order valence-electron chi connectivity index (χ4n) is 2.14. The first-order chi connectivity index (χ1) is 9.56. The van der Waals surface area contributed by atoms with Gasteiger partial charge in [0.15, 0.2) is 0 Å². The molecule has 0 unspecified atom stereocenters. The van der Waals surface area contributed by atoms with E-state index in [2.05, 4.69) is 5.48 Å². The molecule has 20 heavy (non-hydrogen) atoms. The highest BCUT2D eigenvalue weighted by molar-refractivity contribution is 5.89. The lowest BCUT2D eigenvalue weighted by Gasteiger charge is -2.25. The van der Waals surface area contributed by atoms with Gasteiger partial charge in [0.25, 0.3) is 5.69 Å². The molecule has 1 aromatic carbocycles. The molecule has 1 aliphatic rings. The van der Waals surface area contributed by atoms with E-state index in [-0.39, 0.29) is 23.4 Å². The van der Waals surface area contributed by atoms with Crippen molar-refractivity contribution in [2.75, 3.05) is 0 Å². The largest absolute Gasteiger partial charge is 0.393 e. The summed E-state index contributed by atoms with van der Waals surface area (Å²) < 4.78 is 0. The number of carbonyl (C=O) groups is 1. The van der Waals surface area contributed by atoms with Gasteiger partial charge < -0.3 is 9.94 Å². The van der Waals surface area contributed by atoms with Crippen LogP contribution in [0.5, 0.6) is 0 Å². The van der Waals surface area contributed by atoms with Gasteiger partial charge in [0.1, 0.15) is 0 Å². The van der Waals surface area contributed by atoms with Crippen molar-refractivity contribution in [2.24, 2.45) is 0 Å². The predicted molar refractivity (Wildman–Crippen MR) is 69.9 cm³/mol. The van der Waals surface area contributed by atoms with Gasteiger partial charge in [-0.25, -0.2) is 4.79 Å². The molecular weight excluding hydrogens is 264 g/mol. The second-order valence-electron chi connectivity index (χ2n) is 4.82. The first-order valence-electron chi connectivity index (χ1n) is 6.45. The normalized spacial score (nSPS) is 22.2. The third kappa shape index (κ3) is 3.75. The van der Waals surface area contributed by atoms with Crippen molar-refractivity contribution in [3.05, 3.63) is 39.9 Å². The van der Waals surface area contributed by atoms with E-state index in [9.17, 15) is 20.0 Å². The number of nitrogens with one attached hydrogen (secondary N) is 1. The van der Waals surface area contributed by atoms with Crippen LogP contribution in [-0.2, 0) is 4.84 Å². The number of hydrogen-bond donors (Lipinski definition) is 2. The Morgan fingerprint density at radius 2 is 2.05 bits per heavy atom. The maximum Gasteiger partial charge on any atom is 0.357 e. The molecule has 1 fully saturated rings. The molecule has 0 bridgehead atoms. The van der Waals surface area contributed by atoms with Crippen LogP contribution in [0.1, 0.15) is 36.0 Å². The molecule has 1 aromatic rings. The molecule has 7 nitrogen and oxygen atoms in total. The van der Waals surface area contributed by atoms with Crippen LogP contribution in [-0.4, -0.2) is 28.1 Å². The second kappa shape index (κ2) is 6.44. The summed E-state index contributed by atoms with van der Waals surface area (Å²) in [5.74, 6) is -0.653. The molecule has 2 N–H and O–H groups in total. The van der Waals surface area contributed by atoms with Gasteiger partial charge in [-0.1, -0.05) is 6.07 Å². The monoisotopic (exact) mass is 280 g/mol. The van der Waals surface area contributed by atoms with Crippen molar-refractivity contribution in [3.63, 3.8) is 0 Å². The van der Waals surface area contributed by atoms with Gasteiger partial charge in [-0.2, -0.15) is 0 Å². The molecule has 0 atom stereocenters. The first-order valence-corrected chi connectivity index (χ1v) is 6.45. The van der Waals surface area contributed by atoms with Gasteiger partial charge in [0, 0.05) is 18.2 Å². The summed E-state index contributed by atoms with van der Waals surface area (Å²) in [5.41, 5.74) is 2.63. The van der Waals surface area contributed by atoms with Crippen LogP contribution in [0.4, 0.5) is 5.69 Å². The van der Waals surface area contributed by atoms with Crippen molar-refractivity contribution in [1.29, 1.82) is 0 Å². The van der Waals surface area contributed by atoms with Crippen molar-refractivity contribution in [2.45, 2.75) is 37.8 Å². The Morgan fingerprint density at radius 1 is 1.35 bits per heavy atom. The lowest BCUT2D eigenvalue weighted by Crippen LogP contribution is -2.36. The quantitative estimate of drug-likeness (QED) is 0.641. The van der Waals surface area contributed by atoms with E-state index in [4.69, 9.17) is 4.84 Å². The summed E-state index contributed by atoms with van der Waals surface area (Å²) in [6.45, 7) is 0. The van der Waals surface area contributed by atoms with E-state index < -0.39 is 10.9 Å². The standard InChI is InChI=1S/C13H16N2O5/c16-12-6-4-10(5-7-12)14-20-13(17)9-2-1-3-11(8-9)15(18)19/h1-3,8,10,12,14,16H,4-7H2. The lowest BCUT2D eigenvalue weighted by atomic mass is 9.94. The summed E-state index contributed by atoms with van der Waals surface area (Å²) >= 11 is 0. The zero-order valence-electron chi connectivity index (χ0n) is 10.8. The highest BCUT2D eigenvalue weighted by atomic mass is 16.7. The smallest absolute Gasteiger partial charge is 0.357 e. The molecule has 0 spiro atoms. The van der Waals surface area contributed by atoms with Crippen molar-refractivity contribution >= 4 is 11.7 Å². The van der Waals surface area contributed by atoms with Crippen molar-refractivity contribution in [1.82, 2.24) is 5.48 Å². The topological polar surface area (TPSA) is 102 Å². The zero-order valence-corrected chi connectivity index (χ0v) is 10.8. The predicted octanol–water partition coefficient (Wildman–Crippen LogP) is 1.56. The molecule has 0 aliphatic heterocycles. The minimum atomic E-state index is -0.653.